The van der Waals surface area contributed by atoms with Crippen LogP contribution in [-0.2, 0) is 14.9 Å². The number of hydrogen-bond acceptors (Lipinski definition) is 5. The minimum absolute atomic E-state index is 0.0366. The molecule has 0 saturated carbocycles. The second kappa shape index (κ2) is 4.67. The maximum Gasteiger partial charge on any atom is 0.422 e. The highest BCUT2D eigenvalue weighted by atomic mass is 32.2. The number of amides is 1. The smallest absolute Gasteiger partial charge is 0.422 e. The molecule has 1 heterocycles. The molecule has 0 aromatic rings. The van der Waals surface area contributed by atoms with Crippen LogP contribution in [0.3, 0.4) is 0 Å². The van der Waals surface area contributed by atoms with Gasteiger partial charge >= 0.3 is 16.3 Å². The number of aliphatic hydroxyl groups is 1. The van der Waals surface area contributed by atoms with Crippen LogP contribution in [0.4, 0.5) is 4.79 Å². The van der Waals surface area contributed by atoms with Gasteiger partial charge in [-0.25, -0.2) is 9.52 Å². The van der Waals surface area contributed by atoms with Crippen molar-refractivity contribution in [2.24, 2.45) is 0 Å². The third kappa shape index (κ3) is 4.43. The molecule has 0 radical (unpaired) electrons. The number of β-amino-alcohol motifs (C(OH)–C–C–N with tert-alkyl or cyclic N) is 1. The summed E-state index contributed by atoms with van der Waals surface area (Å²) >= 11 is 0. The minimum Gasteiger partial charge on any atom is -0.443 e. The van der Waals surface area contributed by atoms with E-state index in [0.717, 1.165) is 4.31 Å². The summed E-state index contributed by atoms with van der Waals surface area (Å²) in [5.74, 6) is 0. The lowest BCUT2D eigenvalue weighted by atomic mass is 10.1. The van der Waals surface area contributed by atoms with E-state index in [1.807, 2.05) is 4.72 Å². The van der Waals surface area contributed by atoms with Gasteiger partial charge in [0.25, 0.3) is 0 Å². The molecule has 1 rings (SSSR count). The van der Waals surface area contributed by atoms with Crippen LogP contribution in [0.25, 0.3) is 0 Å². The Labute approximate surface area is 107 Å². The molecule has 1 unspecified atom stereocenters. The van der Waals surface area contributed by atoms with E-state index in [4.69, 9.17) is 4.74 Å². The van der Waals surface area contributed by atoms with Crippen molar-refractivity contribution < 1.29 is 23.1 Å². The molecule has 1 amide bonds. The van der Waals surface area contributed by atoms with Gasteiger partial charge in [0.05, 0.1) is 5.60 Å². The molecular formula is C10H20N2O5S. The number of ether oxygens (including phenoxy) is 1. The van der Waals surface area contributed by atoms with Gasteiger partial charge in [0.15, 0.2) is 0 Å². The predicted octanol–water partition coefficient (Wildman–Crippen LogP) is 0.213. The van der Waals surface area contributed by atoms with E-state index >= 15 is 0 Å². The number of nitrogens with zero attached hydrogens (tertiary/aromatic N) is 1. The molecule has 1 saturated heterocycles. The number of hydrogen-bond donors (Lipinski definition) is 2. The van der Waals surface area contributed by atoms with Crippen molar-refractivity contribution in [3.63, 3.8) is 0 Å². The lowest BCUT2D eigenvalue weighted by molar-refractivity contribution is 0.0562. The van der Waals surface area contributed by atoms with Crippen LogP contribution in [0.5, 0.6) is 0 Å². The second-order valence-electron chi connectivity index (χ2n) is 5.69. The number of carbonyl (C=O) groups is 1. The number of nitrogens with one attached hydrogen (secondary N) is 1. The summed E-state index contributed by atoms with van der Waals surface area (Å²) in [5, 5.41) is 9.70. The normalized spacial score (nSPS) is 26.1. The van der Waals surface area contributed by atoms with Gasteiger partial charge in [-0.15, -0.1) is 0 Å². The largest absolute Gasteiger partial charge is 0.443 e. The highest BCUT2D eigenvalue weighted by molar-refractivity contribution is 7.87. The minimum atomic E-state index is -3.95. The van der Waals surface area contributed by atoms with Gasteiger partial charge in [-0.05, 0) is 34.1 Å². The summed E-state index contributed by atoms with van der Waals surface area (Å²) in [6.45, 7) is 6.60. The number of carbonyl (C=O) groups excluding carboxylic acids is 1. The summed E-state index contributed by atoms with van der Waals surface area (Å²) < 4.78 is 31.3. The molecule has 18 heavy (non-hydrogen) atoms. The quantitative estimate of drug-likeness (QED) is 0.754. The predicted molar refractivity (Wildman–Crippen MR) is 65.1 cm³/mol. The molecule has 1 aliphatic rings. The lowest BCUT2D eigenvalue weighted by Gasteiger charge is -2.22. The second-order valence-corrected chi connectivity index (χ2v) is 7.36. The van der Waals surface area contributed by atoms with E-state index in [2.05, 4.69) is 0 Å². The summed E-state index contributed by atoms with van der Waals surface area (Å²) in [6.07, 6.45) is -0.684. The summed E-state index contributed by atoms with van der Waals surface area (Å²) in [5.41, 5.74) is -1.82. The molecule has 0 aliphatic carbocycles. The molecule has 2 N–H and O–H groups in total. The molecule has 1 fully saturated rings. The Bertz CT molecular complexity index is 424. The molecule has 1 atom stereocenters. The van der Waals surface area contributed by atoms with E-state index in [9.17, 15) is 18.3 Å². The van der Waals surface area contributed by atoms with Gasteiger partial charge in [-0.3, -0.25) is 0 Å². The summed E-state index contributed by atoms with van der Waals surface area (Å²) in [4.78, 5) is 11.4. The van der Waals surface area contributed by atoms with Crippen LogP contribution in [-0.4, -0.2) is 48.2 Å². The maximum absolute atomic E-state index is 11.8. The number of rotatable bonds is 2. The van der Waals surface area contributed by atoms with Gasteiger partial charge < -0.3 is 9.84 Å². The highest BCUT2D eigenvalue weighted by Gasteiger charge is 2.38. The van der Waals surface area contributed by atoms with Crippen LogP contribution in [0.15, 0.2) is 0 Å². The molecular weight excluding hydrogens is 260 g/mol. The molecule has 7 nitrogen and oxygen atoms in total. The molecule has 0 spiro atoms. The van der Waals surface area contributed by atoms with Gasteiger partial charge in [0.1, 0.15) is 5.60 Å². The fraction of sp³-hybridized carbons (Fsp3) is 0.900. The summed E-state index contributed by atoms with van der Waals surface area (Å²) in [7, 11) is -3.95. The van der Waals surface area contributed by atoms with Crippen LogP contribution >= 0.6 is 0 Å². The van der Waals surface area contributed by atoms with E-state index in [1.165, 1.54) is 0 Å². The molecule has 0 aromatic carbocycles. The van der Waals surface area contributed by atoms with Crippen LogP contribution < -0.4 is 4.72 Å². The Morgan fingerprint density at radius 1 is 1.44 bits per heavy atom. The lowest BCUT2D eigenvalue weighted by Crippen LogP contribution is -2.45. The van der Waals surface area contributed by atoms with Crippen LogP contribution in [0, 0.1) is 0 Å². The monoisotopic (exact) mass is 280 g/mol. The van der Waals surface area contributed by atoms with Crippen molar-refractivity contribution in [1.29, 1.82) is 0 Å². The Morgan fingerprint density at radius 3 is 2.39 bits per heavy atom. The van der Waals surface area contributed by atoms with E-state index < -0.39 is 27.5 Å². The van der Waals surface area contributed by atoms with Crippen molar-refractivity contribution in [2.45, 2.75) is 45.3 Å². The SMILES string of the molecule is CC1(O)CCN(S(=O)(=O)NC(=O)OC(C)(C)C)C1. The zero-order valence-electron chi connectivity index (χ0n) is 11.1. The fourth-order valence-corrected chi connectivity index (χ4v) is 2.74. The first kappa shape index (κ1) is 15.2. The molecule has 0 aromatic heterocycles. The van der Waals surface area contributed by atoms with Gasteiger partial charge in [-0.1, -0.05) is 0 Å². The third-order valence-electron chi connectivity index (χ3n) is 2.37. The first-order chi connectivity index (χ1) is 7.91. The van der Waals surface area contributed by atoms with E-state index in [-0.39, 0.29) is 13.1 Å². The summed E-state index contributed by atoms with van der Waals surface area (Å²) in [6, 6.07) is 0. The maximum atomic E-state index is 11.8. The molecule has 106 valence electrons. The van der Waals surface area contributed by atoms with Crippen molar-refractivity contribution in [3.8, 4) is 0 Å². The van der Waals surface area contributed by atoms with Gasteiger partial charge in [-0.2, -0.15) is 12.7 Å². The third-order valence-corrected chi connectivity index (χ3v) is 3.78. The molecule has 0 bridgehead atoms. The topological polar surface area (TPSA) is 95.9 Å². The van der Waals surface area contributed by atoms with E-state index in [1.54, 1.807) is 27.7 Å². The molecule has 1 aliphatic heterocycles. The Morgan fingerprint density at radius 2 is 2.00 bits per heavy atom. The zero-order valence-corrected chi connectivity index (χ0v) is 11.9. The average molecular weight is 280 g/mol. The zero-order chi connectivity index (χ0) is 14.2. The first-order valence-electron chi connectivity index (χ1n) is 5.65. The highest BCUT2D eigenvalue weighted by Crippen LogP contribution is 2.22. The van der Waals surface area contributed by atoms with Crippen LogP contribution in [0.2, 0.25) is 0 Å². The average Bonchev–Trinajstić information content (AvgIpc) is 2.41. The van der Waals surface area contributed by atoms with E-state index in [0.29, 0.717) is 6.42 Å². The van der Waals surface area contributed by atoms with Crippen molar-refractivity contribution in [3.05, 3.63) is 0 Å². The standard InChI is InChI=1S/C10H20N2O5S/c1-9(2,3)17-8(13)11-18(15,16)12-6-5-10(4,14)7-12/h14H,5-7H2,1-4H3,(H,11,13). The van der Waals surface area contributed by atoms with Crippen molar-refractivity contribution in [1.82, 2.24) is 9.03 Å². The van der Waals surface area contributed by atoms with Gasteiger partial charge in [0.2, 0.25) is 0 Å². The molecule has 8 heteroatoms. The van der Waals surface area contributed by atoms with Gasteiger partial charge in [0, 0.05) is 13.1 Å². The van der Waals surface area contributed by atoms with Crippen LogP contribution in [0.1, 0.15) is 34.1 Å². The Hall–Kier alpha value is -0.860. The Kier molecular flexibility index (Phi) is 3.94. The van der Waals surface area contributed by atoms with Crippen molar-refractivity contribution >= 4 is 16.3 Å². The fourth-order valence-electron chi connectivity index (χ4n) is 1.58. The van der Waals surface area contributed by atoms with Crippen molar-refractivity contribution in [2.75, 3.05) is 13.1 Å². The Balaban J connectivity index is 2.64. The first-order valence-corrected chi connectivity index (χ1v) is 7.09.